The van der Waals surface area contributed by atoms with E-state index in [4.69, 9.17) is 10.8 Å². The van der Waals surface area contributed by atoms with Crippen LogP contribution in [-0.2, 0) is 9.59 Å². The van der Waals surface area contributed by atoms with Crippen molar-refractivity contribution in [3.05, 3.63) is 0 Å². The fourth-order valence-corrected chi connectivity index (χ4v) is 2.09. The van der Waals surface area contributed by atoms with Gasteiger partial charge in [0.1, 0.15) is 0 Å². The second kappa shape index (κ2) is 6.00. The van der Waals surface area contributed by atoms with Crippen LogP contribution in [0.2, 0.25) is 0 Å². The van der Waals surface area contributed by atoms with Gasteiger partial charge in [0.05, 0.1) is 6.04 Å². The molecule has 1 amide bonds. The van der Waals surface area contributed by atoms with Crippen LogP contribution in [0.5, 0.6) is 0 Å². The fourth-order valence-electron chi connectivity index (χ4n) is 2.09. The highest BCUT2D eigenvalue weighted by atomic mass is 16.4. The van der Waals surface area contributed by atoms with Crippen molar-refractivity contribution in [1.82, 2.24) is 4.90 Å². The number of amides is 1. The lowest BCUT2D eigenvalue weighted by atomic mass is 10.0. The van der Waals surface area contributed by atoms with Crippen molar-refractivity contribution in [2.24, 2.45) is 17.6 Å². The van der Waals surface area contributed by atoms with Gasteiger partial charge in [-0.25, -0.2) is 0 Å². The van der Waals surface area contributed by atoms with E-state index in [0.29, 0.717) is 25.4 Å². The summed E-state index contributed by atoms with van der Waals surface area (Å²) >= 11 is 0. The third-order valence-electron chi connectivity index (χ3n) is 3.37. The number of nitrogens with zero attached hydrogens (tertiary/aromatic N) is 1. The lowest BCUT2D eigenvalue weighted by Gasteiger charge is -2.23. The largest absolute Gasteiger partial charge is 0.481 e. The van der Waals surface area contributed by atoms with Crippen LogP contribution in [0.15, 0.2) is 0 Å². The van der Waals surface area contributed by atoms with Crippen molar-refractivity contribution < 1.29 is 14.7 Å². The van der Waals surface area contributed by atoms with Gasteiger partial charge in [-0.15, -0.1) is 0 Å². The Morgan fingerprint density at radius 2 is 2.12 bits per heavy atom. The van der Waals surface area contributed by atoms with Crippen molar-refractivity contribution in [3.8, 4) is 0 Å². The van der Waals surface area contributed by atoms with E-state index in [2.05, 4.69) is 0 Å². The second-order valence-electron chi connectivity index (χ2n) is 5.14. The zero-order chi connectivity index (χ0) is 13.0. The lowest BCUT2D eigenvalue weighted by molar-refractivity contribution is -0.137. The Kier molecular flexibility index (Phi) is 4.93. The standard InChI is InChI=1S/C12H22N2O3/c1-8(2)11(13)12(17)14-6-5-9(7-14)3-4-10(15)16/h8-9,11H,3-7,13H2,1-2H3,(H,15,16)/t9?,11-/m1/s1. The molecule has 1 heterocycles. The molecule has 1 saturated heterocycles. The summed E-state index contributed by atoms with van der Waals surface area (Å²) in [5.74, 6) is -0.318. The van der Waals surface area contributed by atoms with Gasteiger partial charge in [0.2, 0.25) is 5.91 Å². The topological polar surface area (TPSA) is 83.6 Å². The van der Waals surface area contributed by atoms with E-state index < -0.39 is 12.0 Å². The number of carbonyl (C=O) groups is 2. The van der Waals surface area contributed by atoms with Gasteiger partial charge in [-0.3, -0.25) is 9.59 Å². The van der Waals surface area contributed by atoms with Crippen molar-refractivity contribution in [3.63, 3.8) is 0 Å². The molecule has 0 bridgehead atoms. The molecule has 1 aliphatic rings. The van der Waals surface area contributed by atoms with Gasteiger partial charge in [-0.1, -0.05) is 13.8 Å². The highest BCUT2D eigenvalue weighted by Crippen LogP contribution is 2.22. The highest BCUT2D eigenvalue weighted by Gasteiger charge is 2.30. The van der Waals surface area contributed by atoms with Gasteiger partial charge in [0.25, 0.3) is 0 Å². The minimum atomic E-state index is -0.770. The maximum atomic E-state index is 12.0. The summed E-state index contributed by atoms with van der Waals surface area (Å²) in [6.07, 6.45) is 1.72. The van der Waals surface area contributed by atoms with E-state index in [1.54, 1.807) is 4.90 Å². The first-order valence-corrected chi connectivity index (χ1v) is 6.18. The molecule has 2 atom stereocenters. The summed E-state index contributed by atoms with van der Waals surface area (Å²) in [6, 6.07) is -0.437. The molecule has 0 spiro atoms. The summed E-state index contributed by atoms with van der Waals surface area (Å²) in [6.45, 7) is 5.23. The molecular formula is C12H22N2O3. The summed E-state index contributed by atoms with van der Waals surface area (Å²) in [4.78, 5) is 24.2. The maximum Gasteiger partial charge on any atom is 0.303 e. The van der Waals surface area contributed by atoms with Crippen LogP contribution >= 0.6 is 0 Å². The summed E-state index contributed by atoms with van der Waals surface area (Å²) in [7, 11) is 0. The van der Waals surface area contributed by atoms with Crippen molar-refractivity contribution in [1.29, 1.82) is 0 Å². The molecule has 5 heteroatoms. The lowest BCUT2D eigenvalue weighted by Crippen LogP contribution is -2.45. The smallest absolute Gasteiger partial charge is 0.303 e. The summed E-state index contributed by atoms with van der Waals surface area (Å²) in [5.41, 5.74) is 5.82. The Morgan fingerprint density at radius 3 is 2.65 bits per heavy atom. The Hall–Kier alpha value is -1.10. The molecule has 1 unspecified atom stereocenters. The molecule has 0 aliphatic carbocycles. The molecule has 3 N–H and O–H groups in total. The Bertz CT molecular complexity index is 291. The van der Waals surface area contributed by atoms with Gasteiger partial charge in [0.15, 0.2) is 0 Å². The number of hydrogen-bond donors (Lipinski definition) is 2. The first kappa shape index (κ1) is 14.0. The van der Waals surface area contributed by atoms with Crippen LogP contribution in [0, 0.1) is 11.8 Å². The number of likely N-dealkylation sites (tertiary alicyclic amines) is 1. The van der Waals surface area contributed by atoms with Gasteiger partial charge in [-0.05, 0) is 24.7 Å². The molecule has 0 radical (unpaired) electrons. The summed E-state index contributed by atoms with van der Waals surface area (Å²) < 4.78 is 0. The van der Waals surface area contributed by atoms with Crippen LogP contribution < -0.4 is 5.73 Å². The average molecular weight is 242 g/mol. The van der Waals surface area contributed by atoms with Gasteiger partial charge < -0.3 is 15.7 Å². The first-order valence-electron chi connectivity index (χ1n) is 6.18. The number of hydrogen-bond acceptors (Lipinski definition) is 3. The SMILES string of the molecule is CC(C)[C@@H](N)C(=O)N1CCC(CCC(=O)O)C1. The molecule has 5 nitrogen and oxygen atoms in total. The Morgan fingerprint density at radius 1 is 1.47 bits per heavy atom. The van der Waals surface area contributed by atoms with Gasteiger partial charge >= 0.3 is 5.97 Å². The van der Waals surface area contributed by atoms with E-state index in [0.717, 1.165) is 6.42 Å². The highest BCUT2D eigenvalue weighted by molar-refractivity contribution is 5.82. The normalized spacial score (nSPS) is 21.9. The quantitative estimate of drug-likeness (QED) is 0.742. The first-order chi connectivity index (χ1) is 7.91. The Labute approximate surface area is 102 Å². The third-order valence-corrected chi connectivity index (χ3v) is 3.37. The average Bonchev–Trinajstić information content (AvgIpc) is 2.72. The molecule has 1 rings (SSSR count). The second-order valence-corrected chi connectivity index (χ2v) is 5.14. The number of rotatable bonds is 5. The summed E-state index contributed by atoms with van der Waals surface area (Å²) in [5, 5.41) is 8.61. The number of carboxylic acids is 1. The molecule has 0 aromatic rings. The fraction of sp³-hybridized carbons (Fsp3) is 0.833. The minimum Gasteiger partial charge on any atom is -0.481 e. The number of carboxylic acid groups (broad SMARTS) is 1. The van der Waals surface area contributed by atoms with Crippen molar-refractivity contribution >= 4 is 11.9 Å². The predicted molar refractivity (Wildman–Crippen MR) is 64.4 cm³/mol. The molecule has 98 valence electrons. The molecule has 0 aromatic heterocycles. The minimum absolute atomic E-state index is 0.00201. The Balaban J connectivity index is 2.39. The number of aliphatic carboxylic acids is 1. The number of carbonyl (C=O) groups excluding carboxylic acids is 1. The van der Waals surface area contributed by atoms with E-state index in [9.17, 15) is 9.59 Å². The van der Waals surface area contributed by atoms with Crippen LogP contribution in [0.3, 0.4) is 0 Å². The third kappa shape index (κ3) is 4.00. The maximum absolute atomic E-state index is 12.0. The molecule has 17 heavy (non-hydrogen) atoms. The molecule has 1 aliphatic heterocycles. The van der Waals surface area contributed by atoms with E-state index >= 15 is 0 Å². The van der Waals surface area contributed by atoms with E-state index in [1.165, 1.54) is 0 Å². The molecule has 0 aromatic carbocycles. The van der Waals surface area contributed by atoms with E-state index in [-0.39, 0.29) is 18.2 Å². The predicted octanol–water partition coefficient (Wildman–Crippen LogP) is 0.683. The zero-order valence-corrected chi connectivity index (χ0v) is 10.6. The van der Waals surface area contributed by atoms with Crippen molar-refractivity contribution in [2.45, 2.75) is 39.2 Å². The van der Waals surface area contributed by atoms with E-state index in [1.807, 2.05) is 13.8 Å². The monoisotopic (exact) mass is 242 g/mol. The van der Waals surface area contributed by atoms with Crippen LogP contribution in [0.4, 0.5) is 0 Å². The molecule has 1 fully saturated rings. The van der Waals surface area contributed by atoms with Gasteiger partial charge in [0, 0.05) is 19.5 Å². The zero-order valence-electron chi connectivity index (χ0n) is 10.6. The molecular weight excluding hydrogens is 220 g/mol. The van der Waals surface area contributed by atoms with Crippen LogP contribution in [-0.4, -0.2) is 41.0 Å². The van der Waals surface area contributed by atoms with Crippen LogP contribution in [0.25, 0.3) is 0 Å². The molecule has 0 saturated carbocycles. The number of nitrogens with two attached hydrogens (primary N) is 1. The van der Waals surface area contributed by atoms with Crippen molar-refractivity contribution in [2.75, 3.05) is 13.1 Å². The van der Waals surface area contributed by atoms with Gasteiger partial charge in [-0.2, -0.15) is 0 Å². The van der Waals surface area contributed by atoms with Crippen LogP contribution in [0.1, 0.15) is 33.1 Å².